The van der Waals surface area contributed by atoms with E-state index in [9.17, 15) is 18.0 Å². The van der Waals surface area contributed by atoms with E-state index < -0.39 is 11.7 Å². The molecule has 1 aliphatic rings. The normalized spacial score (nSPS) is 13.5. The molecule has 31 heavy (non-hydrogen) atoms. The van der Waals surface area contributed by atoms with Crippen molar-refractivity contribution < 1.29 is 22.7 Å². The number of benzene rings is 2. The third-order valence-electron chi connectivity index (χ3n) is 4.86. The molecule has 0 spiro atoms. The number of alkyl halides is 3. The first-order valence-corrected chi connectivity index (χ1v) is 9.63. The van der Waals surface area contributed by atoms with Gasteiger partial charge < -0.3 is 15.4 Å². The number of nitrogens with one attached hydrogen (secondary N) is 2. The van der Waals surface area contributed by atoms with E-state index in [1.54, 1.807) is 31.4 Å². The molecule has 0 aliphatic heterocycles. The molecule has 4 rings (SSSR count). The van der Waals surface area contributed by atoms with Crippen molar-refractivity contribution in [1.82, 2.24) is 9.97 Å². The van der Waals surface area contributed by atoms with Crippen LogP contribution in [0.25, 0.3) is 0 Å². The fourth-order valence-electron chi connectivity index (χ4n) is 3.41. The first-order chi connectivity index (χ1) is 14.8. The lowest BCUT2D eigenvalue weighted by molar-refractivity contribution is -0.137. The lowest BCUT2D eigenvalue weighted by Gasteiger charge is -2.19. The lowest BCUT2D eigenvalue weighted by atomic mass is 9.95. The molecule has 1 heterocycles. The third kappa shape index (κ3) is 4.60. The summed E-state index contributed by atoms with van der Waals surface area (Å²) in [6, 6.07) is 11.9. The zero-order valence-electron chi connectivity index (χ0n) is 16.6. The Morgan fingerprint density at radius 2 is 1.71 bits per heavy atom. The highest BCUT2D eigenvalue weighted by Gasteiger charge is 2.30. The Morgan fingerprint density at radius 3 is 2.45 bits per heavy atom. The molecule has 0 radical (unpaired) electrons. The summed E-state index contributed by atoms with van der Waals surface area (Å²) in [5.74, 6) is 0.967. The van der Waals surface area contributed by atoms with Gasteiger partial charge in [-0.15, -0.1) is 0 Å². The number of nitrogens with zero attached hydrogens (tertiary/aromatic N) is 2. The van der Waals surface area contributed by atoms with Crippen molar-refractivity contribution in [3.8, 4) is 5.75 Å². The van der Waals surface area contributed by atoms with Crippen molar-refractivity contribution in [2.24, 2.45) is 0 Å². The van der Waals surface area contributed by atoms with Crippen molar-refractivity contribution in [3.63, 3.8) is 0 Å². The Hall–Kier alpha value is -3.62. The predicted octanol–water partition coefficient (Wildman–Crippen LogP) is 5.51. The highest BCUT2D eigenvalue weighted by molar-refractivity contribution is 6.03. The van der Waals surface area contributed by atoms with Gasteiger partial charge in [0.1, 0.15) is 11.6 Å². The number of hydrogen-bond donors (Lipinski definition) is 2. The first kappa shape index (κ1) is 20.6. The zero-order chi connectivity index (χ0) is 22.0. The molecule has 0 atom stereocenters. The summed E-state index contributed by atoms with van der Waals surface area (Å²) in [6.45, 7) is 0. The summed E-state index contributed by atoms with van der Waals surface area (Å²) in [5, 5.41) is 5.96. The second-order valence-electron chi connectivity index (χ2n) is 7.05. The van der Waals surface area contributed by atoms with Gasteiger partial charge in [0.25, 0.3) is 0 Å². The van der Waals surface area contributed by atoms with Gasteiger partial charge in [-0.05, 0) is 43.2 Å². The summed E-state index contributed by atoms with van der Waals surface area (Å²) in [5.41, 5.74) is 1.04. The monoisotopic (exact) mass is 428 g/mol. The maximum absolute atomic E-state index is 13.0. The number of ether oxygens (including phenoxy) is 1. The van der Waals surface area contributed by atoms with Crippen molar-refractivity contribution in [1.29, 1.82) is 0 Å². The van der Waals surface area contributed by atoms with E-state index in [2.05, 4.69) is 20.6 Å². The molecule has 0 bridgehead atoms. The van der Waals surface area contributed by atoms with Crippen LogP contribution in [0.4, 0.5) is 36.3 Å². The topological polar surface area (TPSA) is 76.1 Å². The van der Waals surface area contributed by atoms with E-state index >= 15 is 0 Å². The van der Waals surface area contributed by atoms with E-state index in [0.717, 1.165) is 12.1 Å². The fraction of sp³-hybridized carbons (Fsp3) is 0.227. The standard InChI is InChI=1S/C22H19F3N4O2/c1-31-16-8-3-7-15(12-16)26-20-19-17(9-4-10-18(19)30)28-21(29-20)27-14-6-2-5-13(11-14)22(23,24)25/h2-3,5-8,11-12H,4,9-10H2,1H3,(H2,26,27,28,29). The van der Waals surface area contributed by atoms with Gasteiger partial charge in [0.2, 0.25) is 5.95 Å². The molecular formula is C22H19F3N4O2. The second kappa shape index (κ2) is 8.25. The van der Waals surface area contributed by atoms with Crippen LogP contribution in [-0.2, 0) is 12.6 Å². The molecule has 160 valence electrons. The highest BCUT2D eigenvalue weighted by Crippen LogP contribution is 2.33. The summed E-state index contributed by atoms with van der Waals surface area (Å²) in [7, 11) is 1.55. The summed E-state index contributed by atoms with van der Waals surface area (Å²) in [6.07, 6.45) is -2.83. The number of aromatic nitrogens is 2. The Kier molecular flexibility index (Phi) is 5.50. The summed E-state index contributed by atoms with van der Waals surface area (Å²) < 4.78 is 44.3. The van der Waals surface area contributed by atoms with Gasteiger partial charge >= 0.3 is 6.18 Å². The molecule has 9 heteroatoms. The molecule has 0 fully saturated rings. The van der Waals surface area contributed by atoms with Gasteiger partial charge in [0, 0.05) is 23.9 Å². The number of fused-ring (bicyclic) bond motifs is 1. The quantitative estimate of drug-likeness (QED) is 0.558. The van der Waals surface area contributed by atoms with Crippen LogP contribution >= 0.6 is 0 Å². The molecule has 0 amide bonds. The van der Waals surface area contributed by atoms with Crippen molar-refractivity contribution in [3.05, 3.63) is 65.4 Å². The maximum atomic E-state index is 13.0. The van der Waals surface area contributed by atoms with Crippen LogP contribution in [0.5, 0.6) is 5.75 Å². The molecule has 1 aromatic heterocycles. The van der Waals surface area contributed by atoms with Gasteiger partial charge in [-0.2, -0.15) is 18.2 Å². The van der Waals surface area contributed by atoms with Gasteiger partial charge in [0.05, 0.1) is 23.9 Å². The number of carbonyl (C=O) groups excluding carboxylic acids is 1. The Balaban J connectivity index is 1.71. The number of methoxy groups -OCH3 is 1. The van der Waals surface area contributed by atoms with Crippen LogP contribution < -0.4 is 15.4 Å². The van der Waals surface area contributed by atoms with E-state index in [1.807, 2.05) is 0 Å². The third-order valence-corrected chi connectivity index (χ3v) is 4.86. The SMILES string of the molecule is COc1cccc(Nc2nc(Nc3cccc(C(F)(F)F)c3)nc3c2C(=O)CCC3)c1. The highest BCUT2D eigenvalue weighted by atomic mass is 19.4. The molecule has 0 unspecified atom stereocenters. The number of halogens is 3. The van der Waals surface area contributed by atoms with Crippen LogP contribution in [-0.4, -0.2) is 22.9 Å². The van der Waals surface area contributed by atoms with Crippen LogP contribution in [0.15, 0.2) is 48.5 Å². The minimum absolute atomic E-state index is 0.0720. The van der Waals surface area contributed by atoms with E-state index in [1.165, 1.54) is 12.1 Å². The van der Waals surface area contributed by atoms with Crippen LogP contribution in [0, 0.1) is 0 Å². The number of aryl methyl sites for hydroxylation is 1. The van der Waals surface area contributed by atoms with Crippen LogP contribution in [0.2, 0.25) is 0 Å². The average molecular weight is 428 g/mol. The smallest absolute Gasteiger partial charge is 0.416 e. The molecule has 0 saturated carbocycles. The number of ketones is 1. The number of anilines is 4. The number of carbonyl (C=O) groups is 1. The molecule has 1 aliphatic carbocycles. The van der Waals surface area contributed by atoms with Crippen LogP contribution in [0.3, 0.4) is 0 Å². The zero-order valence-corrected chi connectivity index (χ0v) is 16.6. The van der Waals surface area contributed by atoms with Gasteiger partial charge in [-0.1, -0.05) is 12.1 Å². The van der Waals surface area contributed by atoms with Crippen LogP contribution in [0.1, 0.15) is 34.5 Å². The Morgan fingerprint density at radius 1 is 0.968 bits per heavy atom. The largest absolute Gasteiger partial charge is 0.497 e. The minimum atomic E-state index is -4.46. The number of hydrogen-bond acceptors (Lipinski definition) is 6. The predicted molar refractivity (Wildman–Crippen MR) is 110 cm³/mol. The number of Topliss-reactive ketones (excluding diaryl/α,β-unsaturated/α-hetero) is 1. The van der Waals surface area contributed by atoms with Crippen molar-refractivity contribution in [2.75, 3.05) is 17.7 Å². The molecule has 2 N–H and O–H groups in total. The Bertz CT molecular complexity index is 1130. The minimum Gasteiger partial charge on any atom is -0.497 e. The summed E-state index contributed by atoms with van der Waals surface area (Å²) >= 11 is 0. The fourth-order valence-corrected chi connectivity index (χ4v) is 3.41. The summed E-state index contributed by atoms with van der Waals surface area (Å²) in [4.78, 5) is 21.4. The van der Waals surface area contributed by atoms with Gasteiger partial charge in [-0.25, -0.2) is 4.98 Å². The molecule has 3 aromatic rings. The lowest BCUT2D eigenvalue weighted by Crippen LogP contribution is -2.18. The maximum Gasteiger partial charge on any atom is 0.416 e. The van der Waals surface area contributed by atoms with Gasteiger partial charge in [-0.3, -0.25) is 4.79 Å². The average Bonchev–Trinajstić information content (AvgIpc) is 2.73. The van der Waals surface area contributed by atoms with Gasteiger partial charge in [0.15, 0.2) is 5.78 Å². The number of rotatable bonds is 5. The molecule has 6 nitrogen and oxygen atoms in total. The van der Waals surface area contributed by atoms with Crippen molar-refractivity contribution >= 4 is 28.9 Å². The molecule has 2 aromatic carbocycles. The van der Waals surface area contributed by atoms with Crippen molar-refractivity contribution in [2.45, 2.75) is 25.4 Å². The van der Waals surface area contributed by atoms with E-state index in [0.29, 0.717) is 47.8 Å². The molecular weight excluding hydrogens is 409 g/mol. The van der Waals surface area contributed by atoms with E-state index in [4.69, 9.17) is 4.74 Å². The first-order valence-electron chi connectivity index (χ1n) is 9.63. The Labute approximate surface area is 176 Å². The second-order valence-corrected chi connectivity index (χ2v) is 7.05. The molecule has 0 saturated heterocycles. The van der Waals surface area contributed by atoms with E-state index in [-0.39, 0.29) is 17.4 Å².